The standard InChI is InChI=1S/C25H23N5O2/c1-32-25(31)19-11-12-23-22(15-19)20(16-30(23)14-13-24-26-28-29-27-24)10-9-18-7-4-6-17-5-2-3-8-21(17)18/h2-8,11-12,15-16H,9-10,13-14H2,1H3,(H,26,27,28,29). The molecule has 0 aliphatic heterocycles. The molecule has 0 saturated carbocycles. The summed E-state index contributed by atoms with van der Waals surface area (Å²) in [5.74, 6) is 0.349. The summed E-state index contributed by atoms with van der Waals surface area (Å²) in [7, 11) is 1.41. The molecule has 0 aliphatic carbocycles. The minimum Gasteiger partial charge on any atom is -0.465 e. The maximum absolute atomic E-state index is 12.1. The molecule has 2 heterocycles. The summed E-state index contributed by atoms with van der Waals surface area (Å²) < 4.78 is 7.13. The Hall–Kier alpha value is -4.00. The van der Waals surface area contributed by atoms with E-state index in [1.807, 2.05) is 18.2 Å². The van der Waals surface area contributed by atoms with Gasteiger partial charge in [-0.25, -0.2) is 4.79 Å². The molecule has 0 saturated heterocycles. The number of benzene rings is 3. The Morgan fingerprint density at radius 3 is 2.66 bits per heavy atom. The molecule has 0 spiro atoms. The number of tetrazole rings is 1. The number of aromatic amines is 1. The van der Waals surface area contributed by atoms with Crippen molar-refractivity contribution in [1.29, 1.82) is 0 Å². The van der Waals surface area contributed by atoms with Crippen molar-refractivity contribution in [2.24, 2.45) is 0 Å². The highest BCUT2D eigenvalue weighted by molar-refractivity contribution is 5.96. The molecule has 7 nitrogen and oxygen atoms in total. The van der Waals surface area contributed by atoms with Gasteiger partial charge in [0, 0.05) is 30.1 Å². The number of esters is 1. The molecule has 0 fully saturated rings. The van der Waals surface area contributed by atoms with E-state index in [0.717, 1.165) is 30.3 Å². The van der Waals surface area contributed by atoms with Crippen LogP contribution in [0.2, 0.25) is 0 Å². The molecule has 3 aromatic carbocycles. The van der Waals surface area contributed by atoms with Crippen LogP contribution >= 0.6 is 0 Å². The maximum atomic E-state index is 12.1. The zero-order valence-corrected chi connectivity index (χ0v) is 17.8. The van der Waals surface area contributed by atoms with Gasteiger partial charge in [-0.2, -0.15) is 5.21 Å². The van der Waals surface area contributed by atoms with Gasteiger partial charge in [0.15, 0.2) is 5.82 Å². The molecule has 160 valence electrons. The van der Waals surface area contributed by atoms with Gasteiger partial charge in [-0.05, 0) is 52.9 Å². The minimum absolute atomic E-state index is 0.327. The number of aryl methyl sites for hydroxylation is 4. The van der Waals surface area contributed by atoms with E-state index in [1.165, 1.54) is 29.0 Å². The number of nitrogens with one attached hydrogen (secondary N) is 1. The largest absolute Gasteiger partial charge is 0.465 e. The Morgan fingerprint density at radius 1 is 0.969 bits per heavy atom. The van der Waals surface area contributed by atoms with Crippen LogP contribution in [0.5, 0.6) is 0 Å². The summed E-state index contributed by atoms with van der Waals surface area (Å²) in [5.41, 5.74) is 4.16. The van der Waals surface area contributed by atoms with Gasteiger partial charge in [0.1, 0.15) is 0 Å². The summed E-state index contributed by atoms with van der Waals surface area (Å²) in [6, 6.07) is 20.6. The molecule has 5 aromatic rings. The maximum Gasteiger partial charge on any atom is 0.337 e. The normalized spacial score (nSPS) is 11.3. The predicted octanol–water partition coefficient (Wildman–Crippen LogP) is 4.12. The van der Waals surface area contributed by atoms with Crippen molar-refractivity contribution in [2.45, 2.75) is 25.8 Å². The summed E-state index contributed by atoms with van der Waals surface area (Å²) in [6.45, 7) is 0.724. The van der Waals surface area contributed by atoms with Crippen molar-refractivity contribution in [1.82, 2.24) is 25.2 Å². The van der Waals surface area contributed by atoms with Gasteiger partial charge >= 0.3 is 5.97 Å². The van der Waals surface area contributed by atoms with Crippen LogP contribution in [0.1, 0.15) is 27.3 Å². The molecular formula is C25H23N5O2. The molecule has 1 N–H and O–H groups in total. The highest BCUT2D eigenvalue weighted by atomic mass is 16.5. The molecule has 0 radical (unpaired) electrons. The van der Waals surface area contributed by atoms with Gasteiger partial charge in [0.2, 0.25) is 0 Å². The molecule has 32 heavy (non-hydrogen) atoms. The van der Waals surface area contributed by atoms with E-state index in [2.05, 4.69) is 73.9 Å². The summed E-state index contributed by atoms with van der Waals surface area (Å²) in [5, 5.41) is 17.8. The first-order valence-corrected chi connectivity index (χ1v) is 10.6. The number of carbonyl (C=O) groups excluding carboxylic acids is 1. The average Bonchev–Trinajstić information content (AvgIpc) is 3.48. The lowest BCUT2D eigenvalue weighted by atomic mass is 9.98. The summed E-state index contributed by atoms with van der Waals surface area (Å²) >= 11 is 0. The molecule has 0 bridgehead atoms. The number of fused-ring (bicyclic) bond motifs is 2. The number of methoxy groups -OCH3 is 1. The lowest BCUT2D eigenvalue weighted by molar-refractivity contribution is 0.0601. The van der Waals surface area contributed by atoms with Crippen molar-refractivity contribution in [3.63, 3.8) is 0 Å². The van der Waals surface area contributed by atoms with E-state index in [0.29, 0.717) is 17.8 Å². The van der Waals surface area contributed by atoms with Gasteiger partial charge in [-0.15, -0.1) is 10.2 Å². The van der Waals surface area contributed by atoms with Crippen molar-refractivity contribution in [3.05, 3.63) is 89.4 Å². The van der Waals surface area contributed by atoms with E-state index in [9.17, 15) is 4.79 Å². The minimum atomic E-state index is -0.327. The Bertz CT molecular complexity index is 1380. The number of aromatic nitrogens is 5. The van der Waals surface area contributed by atoms with Gasteiger partial charge in [0.25, 0.3) is 0 Å². The Balaban J connectivity index is 1.49. The van der Waals surface area contributed by atoms with Crippen LogP contribution in [0, 0.1) is 0 Å². The predicted molar refractivity (Wildman–Crippen MR) is 123 cm³/mol. The second kappa shape index (κ2) is 8.63. The molecular weight excluding hydrogens is 402 g/mol. The van der Waals surface area contributed by atoms with Crippen LogP contribution in [0.3, 0.4) is 0 Å². The Kier molecular flexibility index (Phi) is 5.37. The lowest BCUT2D eigenvalue weighted by Gasteiger charge is -2.06. The second-order valence-corrected chi connectivity index (χ2v) is 7.79. The molecule has 2 aromatic heterocycles. The highest BCUT2D eigenvalue weighted by Gasteiger charge is 2.14. The topological polar surface area (TPSA) is 85.7 Å². The highest BCUT2D eigenvalue weighted by Crippen LogP contribution is 2.27. The fraction of sp³-hybridized carbons (Fsp3) is 0.200. The van der Waals surface area contributed by atoms with Gasteiger partial charge in [-0.1, -0.05) is 47.7 Å². The van der Waals surface area contributed by atoms with Crippen LogP contribution in [-0.4, -0.2) is 38.3 Å². The van der Waals surface area contributed by atoms with E-state index < -0.39 is 0 Å². The Morgan fingerprint density at radius 2 is 1.81 bits per heavy atom. The first-order chi connectivity index (χ1) is 15.7. The van der Waals surface area contributed by atoms with Crippen molar-refractivity contribution < 1.29 is 9.53 Å². The fourth-order valence-corrected chi connectivity index (χ4v) is 4.29. The fourth-order valence-electron chi connectivity index (χ4n) is 4.29. The van der Waals surface area contributed by atoms with Crippen molar-refractivity contribution >= 4 is 27.6 Å². The smallest absolute Gasteiger partial charge is 0.337 e. The van der Waals surface area contributed by atoms with Crippen molar-refractivity contribution in [3.8, 4) is 0 Å². The average molecular weight is 425 g/mol. The number of H-pyrrole nitrogens is 1. The van der Waals surface area contributed by atoms with E-state index in [1.54, 1.807) is 0 Å². The number of carbonyl (C=O) groups is 1. The number of nitrogens with zero attached hydrogens (tertiary/aromatic N) is 4. The molecule has 5 rings (SSSR count). The SMILES string of the molecule is COC(=O)c1ccc2c(c1)c(CCc1cccc3ccccc13)cn2CCc1nn[nH]n1. The zero-order valence-electron chi connectivity index (χ0n) is 17.8. The van der Waals surface area contributed by atoms with E-state index in [-0.39, 0.29) is 5.97 Å². The van der Waals surface area contributed by atoms with Crippen LogP contribution in [0.4, 0.5) is 0 Å². The quantitative estimate of drug-likeness (QED) is 0.397. The summed E-state index contributed by atoms with van der Waals surface area (Å²) in [4.78, 5) is 12.1. The number of ether oxygens (including phenoxy) is 1. The van der Waals surface area contributed by atoms with E-state index in [4.69, 9.17) is 4.74 Å². The third-order valence-electron chi connectivity index (χ3n) is 5.89. The summed E-state index contributed by atoms with van der Waals surface area (Å²) in [6.07, 6.45) is 4.62. The molecule has 0 unspecified atom stereocenters. The van der Waals surface area contributed by atoms with Crippen LogP contribution in [-0.2, 0) is 30.5 Å². The zero-order chi connectivity index (χ0) is 21.9. The molecule has 0 atom stereocenters. The van der Waals surface area contributed by atoms with Gasteiger partial charge in [0.05, 0.1) is 12.7 Å². The number of hydrogen-bond acceptors (Lipinski definition) is 5. The van der Waals surface area contributed by atoms with Gasteiger partial charge < -0.3 is 9.30 Å². The first kappa shape index (κ1) is 19.9. The molecule has 0 amide bonds. The van der Waals surface area contributed by atoms with Crippen LogP contribution < -0.4 is 0 Å². The second-order valence-electron chi connectivity index (χ2n) is 7.79. The third kappa shape index (κ3) is 3.85. The number of hydrogen-bond donors (Lipinski definition) is 1. The monoisotopic (exact) mass is 425 g/mol. The van der Waals surface area contributed by atoms with Crippen LogP contribution in [0.25, 0.3) is 21.7 Å². The molecule has 7 heteroatoms. The van der Waals surface area contributed by atoms with Crippen LogP contribution in [0.15, 0.2) is 66.9 Å². The number of rotatable bonds is 7. The van der Waals surface area contributed by atoms with Crippen molar-refractivity contribution in [2.75, 3.05) is 7.11 Å². The van der Waals surface area contributed by atoms with Gasteiger partial charge in [-0.3, -0.25) is 0 Å². The first-order valence-electron chi connectivity index (χ1n) is 10.6. The lowest BCUT2D eigenvalue weighted by Crippen LogP contribution is -2.03. The Labute approximate surface area is 185 Å². The third-order valence-corrected chi connectivity index (χ3v) is 5.89. The van der Waals surface area contributed by atoms with E-state index >= 15 is 0 Å². The molecule has 0 aliphatic rings.